The second-order valence-corrected chi connectivity index (χ2v) is 8.46. The zero-order valence-corrected chi connectivity index (χ0v) is 16.1. The number of imidazole rings is 1. The van der Waals surface area contributed by atoms with Crippen LogP contribution in [0.4, 0.5) is 0 Å². The largest absolute Gasteiger partial charge is 0.300 e. The Kier molecular flexibility index (Phi) is 3.94. The monoisotopic (exact) mass is 376 g/mol. The van der Waals surface area contributed by atoms with Crippen molar-refractivity contribution in [1.29, 1.82) is 0 Å². The Bertz CT molecular complexity index is 823. The van der Waals surface area contributed by atoms with E-state index in [1.165, 1.54) is 32.7 Å². The summed E-state index contributed by atoms with van der Waals surface area (Å²) in [5.41, 5.74) is 7.39. The predicted octanol–water partition coefficient (Wildman–Crippen LogP) is 5.66. The van der Waals surface area contributed by atoms with Crippen molar-refractivity contribution in [3.63, 3.8) is 0 Å². The van der Waals surface area contributed by atoms with Crippen molar-refractivity contribution in [1.82, 2.24) is 9.38 Å². The van der Waals surface area contributed by atoms with E-state index in [4.69, 9.17) is 4.98 Å². The first-order chi connectivity index (χ1) is 10.3. The van der Waals surface area contributed by atoms with Crippen LogP contribution in [0.3, 0.4) is 0 Å². The van der Waals surface area contributed by atoms with Crippen LogP contribution in [0.2, 0.25) is 0 Å². The summed E-state index contributed by atoms with van der Waals surface area (Å²) in [6, 6.07) is 4.37. The fourth-order valence-corrected chi connectivity index (χ4v) is 3.90. The van der Waals surface area contributed by atoms with E-state index in [1.807, 2.05) is 0 Å². The Hall–Kier alpha value is -1.13. The van der Waals surface area contributed by atoms with E-state index in [0.29, 0.717) is 0 Å². The molecule has 0 saturated heterocycles. The van der Waals surface area contributed by atoms with Crippen molar-refractivity contribution in [3.05, 3.63) is 55.6 Å². The van der Waals surface area contributed by atoms with Crippen molar-refractivity contribution in [2.24, 2.45) is 0 Å². The van der Waals surface area contributed by atoms with Gasteiger partial charge in [0.25, 0.3) is 0 Å². The summed E-state index contributed by atoms with van der Waals surface area (Å²) in [7, 11) is 0. The molecule has 3 heterocycles. The van der Waals surface area contributed by atoms with Crippen LogP contribution in [0.25, 0.3) is 5.65 Å². The van der Waals surface area contributed by atoms with Gasteiger partial charge in [-0.3, -0.25) is 4.40 Å². The minimum absolute atomic E-state index is 0.0319. The van der Waals surface area contributed by atoms with Gasteiger partial charge < -0.3 is 0 Å². The lowest BCUT2D eigenvalue weighted by Crippen LogP contribution is -2.15. The minimum atomic E-state index is 0.0319. The van der Waals surface area contributed by atoms with Crippen molar-refractivity contribution < 1.29 is 0 Å². The van der Waals surface area contributed by atoms with E-state index < -0.39 is 0 Å². The number of aromatic nitrogens is 2. The molecule has 22 heavy (non-hydrogen) atoms. The molecule has 0 N–H and O–H groups in total. The highest BCUT2D eigenvalue weighted by atomic mass is 79.9. The third-order valence-corrected chi connectivity index (χ3v) is 5.94. The first kappa shape index (κ1) is 15.8. The van der Waals surface area contributed by atoms with Gasteiger partial charge in [-0.2, -0.15) is 11.3 Å². The van der Waals surface area contributed by atoms with Gasteiger partial charge in [-0.25, -0.2) is 4.98 Å². The highest BCUT2D eigenvalue weighted by Gasteiger charge is 2.25. The zero-order valence-electron chi connectivity index (χ0n) is 13.7. The third-order valence-electron chi connectivity index (χ3n) is 4.01. The Balaban J connectivity index is 2.32. The average Bonchev–Trinajstić information content (AvgIpc) is 3.04. The lowest BCUT2D eigenvalue weighted by molar-refractivity contribution is 0.565. The molecule has 3 aromatic rings. The first-order valence-electron chi connectivity index (χ1n) is 7.47. The van der Waals surface area contributed by atoms with Crippen LogP contribution in [-0.4, -0.2) is 9.38 Å². The van der Waals surface area contributed by atoms with E-state index in [0.717, 1.165) is 12.1 Å². The van der Waals surface area contributed by atoms with Crippen LogP contribution in [0.15, 0.2) is 27.4 Å². The quantitative estimate of drug-likeness (QED) is 0.563. The molecule has 0 aliphatic carbocycles. The Morgan fingerprint density at radius 3 is 2.59 bits per heavy atom. The third kappa shape index (κ3) is 2.63. The summed E-state index contributed by atoms with van der Waals surface area (Å²) in [6.07, 6.45) is 0.924. The topological polar surface area (TPSA) is 17.3 Å². The number of fused-ring (bicyclic) bond motifs is 1. The predicted molar refractivity (Wildman–Crippen MR) is 98.2 cm³/mol. The SMILES string of the molecule is Cc1cc2nc(C(C)(C)C)c(Cc3ccsc3)n2c(C)c1Br. The molecule has 3 rings (SSSR count). The van der Waals surface area contributed by atoms with E-state index in [9.17, 15) is 0 Å². The molecule has 0 bridgehead atoms. The van der Waals surface area contributed by atoms with Crippen LogP contribution >= 0.6 is 27.3 Å². The van der Waals surface area contributed by atoms with Gasteiger partial charge >= 0.3 is 0 Å². The summed E-state index contributed by atoms with van der Waals surface area (Å²) in [6.45, 7) is 11.0. The molecule has 0 aromatic carbocycles. The van der Waals surface area contributed by atoms with Crippen LogP contribution < -0.4 is 0 Å². The summed E-state index contributed by atoms with van der Waals surface area (Å²) in [5.74, 6) is 0. The molecule has 3 aromatic heterocycles. The number of hydrogen-bond donors (Lipinski definition) is 0. The molecule has 0 saturated carbocycles. The number of rotatable bonds is 2. The van der Waals surface area contributed by atoms with Crippen molar-refractivity contribution in [3.8, 4) is 0 Å². The van der Waals surface area contributed by atoms with Gasteiger partial charge in [-0.05, 0) is 63.8 Å². The first-order valence-corrected chi connectivity index (χ1v) is 9.21. The maximum atomic E-state index is 4.97. The van der Waals surface area contributed by atoms with Crippen molar-refractivity contribution in [2.75, 3.05) is 0 Å². The minimum Gasteiger partial charge on any atom is -0.300 e. The molecule has 0 amide bonds. The maximum absolute atomic E-state index is 4.97. The smallest absolute Gasteiger partial charge is 0.137 e. The Labute approximate surface area is 144 Å². The molecule has 2 nitrogen and oxygen atoms in total. The average molecular weight is 377 g/mol. The van der Waals surface area contributed by atoms with E-state index in [2.05, 4.69) is 77.8 Å². The van der Waals surface area contributed by atoms with E-state index in [1.54, 1.807) is 11.3 Å². The highest BCUT2D eigenvalue weighted by molar-refractivity contribution is 9.10. The second kappa shape index (κ2) is 5.50. The molecule has 0 unspecified atom stereocenters. The number of aryl methyl sites for hydroxylation is 2. The zero-order chi connectivity index (χ0) is 16.1. The van der Waals surface area contributed by atoms with Crippen LogP contribution in [0.5, 0.6) is 0 Å². The molecule has 0 atom stereocenters. The molecule has 0 spiro atoms. The summed E-state index contributed by atoms with van der Waals surface area (Å²) in [4.78, 5) is 4.97. The van der Waals surface area contributed by atoms with Crippen molar-refractivity contribution in [2.45, 2.75) is 46.5 Å². The number of halogens is 1. The van der Waals surface area contributed by atoms with Gasteiger partial charge in [0, 0.05) is 22.0 Å². The van der Waals surface area contributed by atoms with Crippen LogP contribution in [0.1, 0.15) is 49.0 Å². The Morgan fingerprint density at radius 2 is 2.00 bits per heavy atom. The number of thiophene rings is 1. The molecule has 4 heteroatoms. The van der Waals surface area contributed by atoms with E-state index in [-0.39, 0.29) is 5.41 Å². The number of pyridine rings is 1. The second-order valence-electron chi connectivity index (χ2n) is 6.89. The summed E-state index contributed by atoms with van der Waals surface area (Å²) < 4.78 is 3.49. The molecule has 116 valence electrons. The lowest BCUT2D eigenvalue weighted by atomic mass is 9.89. The van der Waals surface area contributed by atoms with Gasteiger partial charge in [0.2, 0.25) is 0 Å². The van der Waals surface area contributed by atoms with Gasteiger partial charge in [-0.15, -0.1) is 0 Å². The van der Waals surface area contributed by atoms with Crippen LogP contribution in [-0.2, 0) is 11.8 Å². The van der Waals surface area contributed by atoms with Crippen molar-refractivity contribution >= 4 is 32.9 Å². The lowest BCUT2D eigenvalue weighted by Gasteiger charge is -2.18. The molecule has 0 radical (unpaired) electrons. The molecule has 0 aliphatic heterocycles. The number of nitrogens with zero attached hydrogens (tertiary/aromatic N) is 2. The fourth-order valence-electron chi connectivity index (χ4n) is 2.93. The highest BCUT2D eigenvalue weighted by Crippen LogP contribution is 2.32. The van der Waals surface area contributed by atoms with Gasteiger partial charge in [0.1, 0.15) is 5.65 Å². The fraction of sp³-hybridized carbons (Fsp3) is 0.389. The van der Waals surface area contributed by atoms with Gasteiger partial charge in [0.05, 0.1) is 11.4 Å². The van der Waals surface area contributed by atoms with E-state index >= 15 is 0 Å². The summed E-state index contributed by atoms with van der Waals surface area (Å²) >= 11 is 5.48. The maximum Gasteiger partial charge on any atom is 0.137 e. The van der Waals surface area contributed by atoms with Crippen LogP contribution in [0, 0.1) is 13.8 Å². The molecular weight excluding hydrogens is 356 g/mol. The molecular formula is C18H21BrN2S. The van der Waals surface area contributed by atoms with Gasteiger partial charge in [0.15, 0.2) is 0 Å². The standard InChI is InChI=1S/C18H21BrN2S/c1-11-8-15-20-17(18(3,4)5)14(9-13-6-7-22-10-13)21(15)12(2)16(11)19/h6-8,10H,9H2,1-5H3. The Morgan fingerprint density at radius 1 is 1.27 bits per heavy atom. The normalized spacial score (nSPS) is 12.3. The summed E-state index contributed by atoms with van der Waals surface area (Å²) in [5, 5.41) is 4.37. The number of hydrogen-bond acceptors (Lipinski definition) is 2. The van der Waals surface area contributed by atoms with Gasteiger partial charge in [-0.1, -0.05) is 20.8 Å². The molecule has 0 fully saturated rings. The molecule has 0 aliphatic rings.